The van der Waals surface area contributed by atoms with Crippen LogP contribution in [0.5, 0.6) is 5.75 Å². The van der Waals surface area contributed by atoms with Crippen molar-refractivity contribution in [1.29, 1.82) is 0 Å². The second-order valence-electron chi connectivity index (χ2n) is 8.62. The molecule has 0 saturated heterocycles. The van der Waals surface area contributed by atoms with Crippen LogP contribution in [-0.2, 0) is 0 Å². The monoisotopic (exact) mass is 526 g/mol. The van der Waals surface area contributed by atoms with Crippen molar-refractivity contribution in [2.24, 2.45) is 5.10 Å². The van der Waals surface area contributed by atoms with Crippen molar-refractivity contribution in [3.8, 4) is 5.75 Å². The highest BCUT2D eigenvalue weighted by atomic mass is 79.9. The zero-order chi connectivity index (χ0) is 24.2. The number of nitrogens with zero attached hydrogens (tertiary/aromatic N) is 4. The Morgan fingerprint density at radius 1 is 1.29 bits per heavy atom. The lowest BCUT2D eigenvalue weighted by Crippen LogP contribution is -2.25. The Kier molecular flexibility index (Phi) is 7.41. The molecule has 1 aliphatic carbocycles. The van der Waals surface area contributed by atoms with Crippen molar-refractivity contribution in [3.63, 3.8) is 0 Å². The van der Waals surface area contributed by atoms with Gasteiger partial charge in [0, 0.05) is 22.0 Å². The Labute approximate surface area is 205 Å². The number of rotatable bonds is 7. The molecule has 4 rings (SSSR count). The molecule has 178 valence electrons. The lowest BCUT2D eigenvalue weighted by molar-refractivity contribution is -0.386. The quantitative estimate of drug-likeness (QED) is 0.208. The van der Waals surface area contributed by atoms with E-state index in [-0.39, 0.29) is 29.0 Å². The van der Waals surface area contributed by atoms with E-state index < -0.39 is 4.92 Å². The van der Waals surface area contributed by atoms with E-state index in [1.165, 1.54) is 23.4 Å². The van der Waals surface area contributed by atoms with Crippen molar-refractivity contribution in [2.45, 2.75) is 64.4 Å². The number of nitro groups is 1. The molecule has 1 atom stereocenters. The van der Waals surface area contributed by atoms with Crippen LogP contribution in [0.2, 0.25) is 0 Å². The van der Waals surface area contributed by atoms with Gasteiger partial charge in [-0.25, -0.2) is 4.98 Å². The van der Waals surface area contributed by atoms with Gasteiger partial charge in [-0.15, -0.1) is 0 Å². The predicted octanol–water partition coefficient (Wildman–Crippen LogP) is 6.17. The van der Waals surface area contributed by atoms with Crippen LogP contribution in [-0.4, -0.2) is 26.9 Å². The molecule has 0 N–H and O–H groups in total. The molecular formula is C25H27BrN4O4. The summed E-state index contributed by atoms with van der Waals surface area (Å²) >= 11 is 3.43. The van der Waals surface area contributed by atoms with Gasteiger partial charge in [-0.05, 0) is 50.5 Å². The molecular weight excluding hydrogens is 500 g/mol. The third-order valence-corrected chi connectivity index (χ3v) is 6.72. The van der Waals surface area contributed by atoms with E-state index in [2.05, 4.69) is 21.0 Å². The average molecular weight is 527 g/mol. The Hall–Kier alpha value is -3.07. The largest absolute Gasteiger partial charge is 0.483 e. The summed E-state index contributed by atoms with van der Waals surface area (Å²) in [4.78, 5) is 29.5. The molecule has 0 unspecified atom stereocenters. The standard InChI is InChI=1S/C25H27BrN4O4/c1-3-16(2)34-23-18(10-7-11-22(23)30(32)33)15-27-29-24(17-8-5-4-6-9-17)28-21-13-12-19(26)14-20(21)25(29)31/h7,10-17H,3-6,8-9H2,1-2H3/t16-/m0/s1. The zero-order valence-corrected chi connectivity index (χ0v) is 20.8. The van der Waals surface area contributed by atoms with Crippen LogP contribution < -0.4 is 10.3 Å². The van der Waals surface area contributed by atoms with Gasteiger partial charge >= 0.3 is 5.69 Å². The fraction of sp³-hybridized carbons (Fsp3) is 0.400. The van der Waals surface area contributed by atoms with Gasteiger partial charge in [0.1, 0.15) is 5.82 Å². The summed E-state index contributed by atoms with van der Waals surface area (Å²) in [7, 11) is 0. The van der Waals surface area contributed by atoms with Crippen molar-refractivity contribution < 1.29 is 9.66 Å². The van der Waals surface area contributed by atoms with Crippen molar-refractivity contribution in [3.05, 3.63) is 72.7 Å². The Bertz CT molecular complexity index is 1300. The number of nitro benzene ring substituents is 1. The fourth-order valence-electron chi connectivity index (χ4n) is 4.22. The molecule has 0 radical (unpaired) electrons. The first kappa shape index (κ1) is 24.1. The zero-order valence-electron chi connectivity index (χ0n) is 19.2. The Balaban J connectivity index is 1.86. The number of hydrogen-bond donors (Lipinski definition) is 0. The second-order valence-corrected chi connectivity index (χ2v) is 9.53. The minimum Gasteiger partial charge on any atom is -0.483 e. The van der Waals surface area contributed by atoms with Crippen molar-refractivity contribution >= 4 is 38.7 Å². The average Bonchev–Trinajstić information content (AvgIpc) is 2.84. The Morgan fingerprint density at radius 3 is 2.76 bits per heavy atom. The molecule has 8 nitrogen and oxygen atoms in total. The van der Waals surface area contributed by atoms with E-state index in [0.717, 1.165) is 30.2 Å². The Morgan fingerprint density at radius 2 is 2.06 bits per heavy atom. The molecule has 2 aromatic carbocycles. The highest BCUT2D eigenvalue weighted by molar-refractivity contribution is 9.10. The van der Waals surface area contributed by atoms with Gasteiger partial charge in [-0.1, -0.05) is 48.2 Å². The van der Waals surface area contributed by atoms with Crippen LogP contribution >= 0.6 is 15.9 Å². The minimum atomic E-state index is -0.468. The van der Waals surface area contributed by atoms with Gasteiger partial charge in [-0.3, -0.25) is 14.9 Å². The van der Waals surface area contributed by atoms with Crippen LogP contribution in [0.25, 0.3) is 10.9 Å². The van der Waals surface area contributed by atoms with E-state index >= 15 is 0 Å². The molecule has 0 aliphatic heterocycles. The van der Waals surface area contributed by atoms with E-state index in [9.17, 15) is 14.9 Å². The van der Waals surface area contributed by atoms with Gasteiger partial charge in [-0.2, -0.15) is 9.78 Å². The van der Waals surface area contributed by atoms with Crippen LogP contribution in [0.4, 0.5) is 5.69 Å². The molecule has 1 fully saturated rings. The summed E-state index contributed by atoms with van der Waals surface area (Å²) < 4.78 is 8.03. The SMILES string of the molecule is CC[C@H](C)Oc1c(C=Nn2c(C3CCCCC3)nc3ccc(Br)cc3c2=O)cccc1[N+](=O)[O-]. The number of halogens is 1. The molecule has 1 aliphatic rings. The molecule has 1 saturated carbocycles. The first-order valence-electron chi connectivity index (χ1n) is 11.6. The van der Waals surface area contributed by atoms with Crippen molar-refractivity contribution in [2.75, 3.05) is 0 Å². The van der Waals surface area contributed by atoms with Crippen LogP contribution in [0.15, 0.2) is 50.8 Å². The van der Waals surface area contributed by atoms with Gasteiger partial charge in [0.2, 0.25) is 5.75 Å². The van der Waals surface area contributed by atoms with Gasteiger partial charge in [0.15, 0.2) is 0 Å². The smallest absolute Gasteiger partial charge is 0.311 e. The van der Waals surface area contributed by atoms with E-state index in [1.54, 1.807) is 18.2 Å². The number of para-hydroxylation sites is 1. The molecule has 0 amide bonds. The molecule has 3 aromatic rings. The summed E-state index contributed by atoms with van der Waals surface area (Å²) in [5, 5.41) is 16.6. The lowest BCUT2D eigenvalue weighted by Gasteiger charge is -2.22. The van der Waals surface area contributed by atoms with Crippen LogP contribution in [0, 0.1) is 10.1 Å². The van der Waals surface area contributed by atoms with Gasteiger partial charge < -0.3 is 4.74 Å². The highest BCUT2D eigenvalue weighted by Gasteiger charge is 2.23. The topological polar surface area (TPSA) is 99.6 Å². The van der Waals surface area contributed by atoms with E-state index in [0.29, 0.717) is 28.7 Å². The maximum Gasteiger partial charge on any atom is 0.311 e. The summed E-state index contributed by atoms with van der Waals surface area (Å²) in [5.74, 6) is 0.910. The van der Waals surface area contributed by atoms with Crippen molar-refractivity contribution in [1.82, 2.24) is 9.66 Å². The third kappa shape index (κ3) is 5.04. The van der Waals surface area contributed by atoms with E-state index in [1.807, 2.05) is 26.0 Å². The van der Waals surface area contributed by atoms with Crippen LogP contribution in [0.3, 0.4) is 0 Å². The third-order valence-electron chi connectivity index (χ3n) is 6.23. The highest BCUT2D eigenvalue weighted by Crippen LogP contribution is 2.33. The summed E-state index contributed by atoms with van der Waals surface area (Å²) in [5.41, 5.74) is 0.671. The maximum absolute atomic E-state index is 13.5. The number of ether oxygens (including phenoxy) is 1. The first-order chi connectivity index (χ1) is 16.4. The molecule has 34 heavy (non-hydrogen) atoms. The van der Waals surface area contributed by atoms with Gasteiger partial charge in [0.25, 0.3) is 5.56 Å². The van der Waals surface area contributed by atoms with Gasteiger partial charge in [0.05, 0.1) is 28.1 Å². The minimum absolute atomic E-state index is 0.132. The number of hydrogen-bond acceptors (Lipinski definition) is 6. The number of benzene rings is 2. The molecule has 1 aromatic heterocycles. The maximum atomic E-state index is 13.5. The fourth-order valence-corrected chi connectivity index (χ4v) is 4.58. The summed E-state index contributed by atoms with van der Waals surface area (Å²) in [6, 6.07) is 10.1. The summed E-state index contributed by atoms with van der Waals surface area (Å²) in [6.07, 6.45) is 7.18. The normalized spacial score (nSPS) is 15.6. The lowest BCUT2D eigenvalue weighted by atomic mass is 9.88. The second kappa shape index (κ2) is 10.5. The number of aromatic nitrogens is 2. The molecule has 1 heterocycles. The predicted molar refractivity (Wildman–Crippen MR) is 136 cm³/mol. The summed E-state index contributed by atoms with van der Waals surface area (Å²) in [6.45, 7) is 3.80. The number of fused-ring (bicyclic) bond motifs is 1. The molecule has 0 spiro atoms. The first-order valence-corrected chi connectivity index (χ1v) is 12.4. The van der Waals surface area contributed by atoms with E-state index in [4.69, 9.17) is 9.72 Å². The van der Waals surface area contributed by atoms with Crippen LogP contribution in [0.1, 0.15) is 69.7 Å². The molecule has 9 heteroatoms. The molecule has 0 bridgehead atoms.